The zero-order valence-electron chi connectivity index (χ0n) is 18.9. The Labute approximate surface area is 207 Å². The number of benzene rings is 1. The van der Waals surface area contributed by atoms with Crippen molar-refractivity contribution in [3.8, 4) is 10.6 Å². The fraction of sp³-hybridized carbons (Fsp3) is 0.333. The molecule has 0 atom stereocenters. The Morgan fingerprint density at radius 2 is 1.86 bits per heavy atom. The number of fused-ring (bicyclic) bond motifs is 1. The van der Waals surface area contributed by atoms with Gasteiger partial charge >= 0.3 is 6.55 Å². The van der Waals surface area contributed by atoms with E-state index in [9.17, 15) is 26.4 Å². The molecular formula is C21H20F3N7O3S2. The van der Waals surface area contributed by atoms with Crippen LogP contribution in [0.3, 0.4) is 0 Å². The van der Waals surface area contributed by atoms with Crippen molar-refractivity contribution in [2.24, 2.45) is 0 Å². The molecule has 1 aliphatic rings. The lowest BCUT2D eigenvalue weighted by Crippen LogP contribution is -2.48. The lowest BCUT2D eigenvalue weighted by molar-refractivity contribution is 0.0541. The Hall–Kier alpha value is -3.14. The second kappa shape index (κ2) is 9.38. The quantitative estimate of drug-likeness (QED) is 0.370. The Balaban J connectivity index is 1.30. The van der Waals surface area contributed by atoms with Gasteiger partial charge < -0.3 is 0 Å². The van der Waals surface area contributed by atoms with Crippen LogP contribution < -0.4 is 5.56 Å². The first-order valence-electron chi connectivity index (χ1n) is 10.8. The highest BCUT2D eigenvalue weighted by atomic mass is 32.2. The monoisotopic (exact) mass is 539 g/mol. The van der Waals surface area contributed by atoms with E-state index < -0.39 is 27.9 Å². The number of rotatable bonds is 6. The van der Waals surface area contributed by atoms with Crippen molar-refractivity contribution in [3.63, 3.8) is 0 Å². The van der Waals surface area contributed by atoms with E-state index >= 15 is 0 Å². The molecule has 0 bridgehead atoms. The molecule has 4 heterocycles. The van der Waals surface area contributed by atoms with Gasteiger partial charge in [0.15, 0.2) is 5.01 Å². The zero-order valence-corrected chi connectivity index (χ0v) is 20.5. The third kappa shape index (κ3) is 4.42. The van der Waals surface area contributed by atoms with E-state index in [1.54, 1.807) is 18.2 Å². The molecule has 15 heteroatoms. The van der Waals surface area contributed by atoms with E-state index in [1.165, 1.54) is 23.4 Å². The molecule has 0 unspecified atom stereocenters. The average molecular weight is 540 g/mol. The van der Waals surface area contributed by atoms with Gasteiger partial charge in [0.05, 0.1) is 17.6 Å². The van der Waals surface area contributed by atoms with Crippen LogP contribution in [0.4, 0.5) is 13.2 Å². The van der Waals surface area contributed by atoms with Crippen molar-refractivity contribution in [2.45, 2.75) is 24.9 Å². The maximum atomic E-state index is 14.1. The van der Waals surface area contributed by atoms with Crippen molar-refractivity contribution in [1.29, 1.82) is 0 Å². The van der Waals surface area contributed by atoms with Crippen LogP contribution in [0, 0.1) is 12.7 Å². The highest BCUT2D eigenvalue weighted by Gasteiger charge is 2.32. The van der Waals surface area contributed by atoms with Crippen molar-refractivity contribution in [3.05, 3.63) is 64.1 Å². The van der Waals surface area contributed by atoms with Gasteiger partial charge in [0.25, 0.3) is 5.56 Å². The number of hydrogen-bond donors (Lipinski definition) is 0. The Morgan fingerprint density at radius 3 is 2.53 bits per heavy atom. The summed E-state index contributed by atoms with van der Waals surface area (Å²) in [4.78, 5) is 19.1. The minimum Gasteiger partial charge on any atom is -0.295 e. The van der Waals surface area contributed by atoms with Gasteiger partial charge in [0, 0.05) is 44.4 Å². The molecule has 0 amide bonds. The topological polar surface area (TPSA) is 106 Å². The summed E-state index contributed by atoms with van der Waals surface area (Å²) in [6.07, 6.45) is 0.945. The first-order chi connectivity index (χ1) is 17.1. The summed E-state index contributed by atoms with van der Waals surface area (Å²) in [7, 11) is -3.98. The van der Waals surface area contributed by atoms with Crippen LogP contribution in [0.15, 0.2) is 46.2 Å². The molecule has 0 N–H and O–H groups in total. The fourth-order valence-electron chi connectivity index (χ4n) is 4.03. The third-order valence-electron chi connectivity index (χ3n) is 5.92. The van der Waals surface area contributed by atoms with E-state index in [2.05, 4.69) is 15.2 Å². The maximum absolute atomic E-state index is 14.1. The molecule has 0 radical (unpaired) electrons. The molecular weight excluding hydrogens is 519 g/mol. The lowest BCUT2D eigenvalue weighted by atomic mass is 10.2. The minimum atomic E-state index is -3.98. The van der Waals surface area contributed by atoms with Crippen LogP contribution in [0.2, 0.25) is 0 Å². The van der Waals surface area contributed by atoms with E-state index in [1.807, 2.05) is 4.90 Å². The summed E-state index contributed by atoms with van der Waals surface area (Å²) in [5.74, 6) is -0.450. The molecule has 1 saturated heterocycles. The predicted octanol–water partition coefficient (Wildman–Crippen LogP) is 2.36. The Bertz CT molecular complexity index is 1590. The molecule has 0 aliphatic carbocycles. The molecule has 0 saturated carbocycles. The average Bonchev–Trinajstić information content (AvgIpc) is 3.44. The molecule has 1 aliphatic heterocycles. The van der Waals surface area contributed by atoms with Gasteiger partial charge in [0.1, 0.15) is 10.7 Å². The largest absolute Gasteiger partial charge is 0.333 e. The van der Waals surface area contributed by atoms with Gasteiger partial charge in [-0.05, 0) is 19.1 Å². The molecule has 36 heavy (non-hydrogen) atoms. The Kier molecular flexibility index (Phi) is 6.40. The lowest BCUT2D eigenvalue weighted by Gasteiger charge is -2.33. The van der Waals surface area contributed by atoms with Gasteiger partial charge in [-0.15, -0.1) is 0 Å². The van der Waals surface area contributed by atoms with Gasteiger partial charge in [-0.1, -0.05) is 23.5 Å². The maximum Gasteiger partial charge on any atom is 0.333 e. The van der Waals surface area contributed by atoms with E-state index in [-0.39, 0.29) is 29.2 Å². The summed E-state index contributed by atoms with van der Waals surface area (Å²) in [6.45, 7) is -0.353. The highest BCUT2D eigenvalue weighted by molar-refractivity contribution is 7.89. The molecule has 10 nitrogen and oxygen atoms in total. The molecule has 0 spiro atoms. The second-order valence-corrected chi connectivity index (χ2v) is 11.0. The normalized spacial score (nSPS) is 15.8. The summed E-state index contributed by atoms with van der Waals surface area (Å²) in [6, 6.07) is 7.49. The molecule has 3 aromatic heterocycles. The van der Waals surface area contributed by atoms with Crippen molar-refractivity contribution in [1.82, 2.24) is 33.6 Å². The summed E-state index contributed by atoms with van der Waals surface area (Å²) in [5, 5.41) is 8.02. The number of hydrogen-bond acceptors (Lipinski definition) is 8. The predicted molar refractivity (Wildman–Crippen MR) is 125 cm³/mol. The number of halogens is 3. The van der Waals surface area contributed by atoms with Gasteiger partial charge in [-0.25, -0.2) is 22.5 Å². The molecule has 4 aromatic rings. The molecule has 5 rings (SSSR count). The van der Waals surface area contributed by atoms with Gasteiger partial charge in [-0.3, -0.25) is 9.69 Å². The van der Waals surface area contributed by atoms with E-state index in [0.717, 1.165) is 22.0 Å². The zero-order chi connectivity index (χ0) is 25.6. The van der Waals surface area contributed by atoms with Crippen LogP contribution in [0.25, 0.3) is 15.5 Å². The van der Waals surface area contributed by atoms with Crippen molar-refractivity contribution >= 4 is 26.3 Å². The fourth-order valence-corrected chi connectivity index (χ4v) is 6.55. The van der Waals surface area contributed by atoms with Gasteiger partial charge in [0.2, 0.25) is 15.0 Å². The minimum absolute atomic E-state index is 0.121. The van der Waals surface area contributed by atoms with Crippen LogP contribution >= 0.6 is 11.3 Å². The van der Waals surface area contributed by atoms with Crippen LogP contribution in [0.1, 0.15) is 17.9 Å². The van der Waals surface area contributed by atoms with Crippen LogP contribution in [0.5, 0.6) is 0 Å². The molecule has 190 valence electrons. The first kappa shape index (κ1) is 24.5. The first-order valence-corrected chi connectivity index (χ1v) is 13.1. The van der Waals surface area contributed by atoms with Gasteiger partial charge in [-0.2, -0.15) is 27.8 Å². The SMILES string of the molecule is Cc1c(S(=O)(=O)N2CCN(Cc3cc(=O)n4nc(-c5ccccc5F)sc4n3)CC2)cnn1C(F)F. The number of alkyl halides is 2. The van der Waals surface area contributed by atoms with E-state index in [0.29, 0.717) is 40.0 Å². The van der Waals surface area contributed by atoms with Crippen LogP contribution in [-0.2, 0) is 16.6 Å². The number of sulfonamides is 1. The second-order valence-electron chi connectivity index (χ2n) is 8.16. The number of nitrogens with zero attached hydrogens (tertiary/aromatic N) is 7. The standard InChI is InChI=1S/C21H20F3N7O3S2/c1-13-17(11-25-30(13)20(23)24)36(33,34)29-8-6-28(7-9-29)12-14-10-18(32)31-21(26-14)35-19(27-31)15-4-2-3-5-16(15)22/h2-5,10-11,20H,6-9,12H2,1H3. The summed E-state index contributed by atoms with van der Waals surface area (Å²) < 4.78 is 68.8. The summed E-state index contributed by atoms with van der Waals surface area (Å²) in [5.41, 5.74) is 0.237. The van der Waals surface area contributed by atoms with Crippen molar-refractivity contribution in [2.75, 3.05) is 26.2 Å². The molecule has 1 fully saturated rings. The number of aromatic nitrogens is 5. The van der Waals surface area contributed by atoms with Crippen molar-refractivity contribution < 1.29 is 21.6 Å². The number of piperazine rings is 1. The summed E-state index contributed by atoms with van der Waals surface area (Å²) >= 11 is 1.09. The Morgan fingerprint density at radius 1 is 1.14 bits per heavy atom. The smallest absolute Gasteiger partial charge is 0.295 e. The third-order valence-corrected chi connectivity index (χ3v) is 8.86. The van der Waals surface area contributed by atoms with E-state index in [4.69, 9.17) is 0 Å². The van der Waals surface area contributed by atoms with Crippen LogP contribution in [-0.4, -0.2) is 68.2 Å². The molecule has 1 aromatic carbocycles. The highest BCUT2D eigenvalue weighted by Crippen LogP contribution is 2.27.